The molecule has 0 saturated carbocycles. The molecule has 19 heavy (non-hydrogen) atoms. The van der Waals surface area contributed by atoms with Crippen LogP contribution in [0.25, 0.3) is 0 Å². The molecular formula is C14H17Cl2NO2. The number of hydrogen-bond acceptors (Lipinski definition) is 3. The summed E-state index contributed by atoms with van der Waals surface area (Å²) in [7, 11) is 1.73. The fraction of sp³-hybridized carbons (Fsp3) is 0.571. The molecule has 1 fully saturated rings. The third-order valence-electron chi connectivity index (χ3n) is 4.06. The predicted molar refractivity (Wildman–Crippen MR) is 76.3 cm³/mol. The zero-order valence-electron chi connectivity index (χ0n) is 10.8. The fourth-order valence-corrected chi connectivity index (χ4v) is 3.58. The first-order valence-corrected chi connectivity index (χ1v) is 7.31. The summed E-state index contributed by atoms with van der Waals surface area (Å²) >= 11 is 12.4. The largest absolute Gasteiger partial charge is 0.485 e. The van der Waals surface area contributed by atoms with Crippen molar-refractivity contribution in [3.63, 3.8) is 0 Å². The van der Waals surface area contributed by atoms with Crippen LogP contribution < -0.4 is 10.1 Å². The van der Waals surface area contributed by atoms with E-state index < -0.39 is 0 Å². The molecule has 0 aliphatic carbocycles. The summed E-state index contributed by atoms with van der Waals surface area (Å²) in [5, 5.41) is 4.55. The van der Waals surface area contributed by atoms with E-state index in [1.807, 2.05) is 6.07 Å². The Morgan fingerprint density at radius 3 is 2.74 bits per heavy atom. The lowest BCUT2D eigenvalue weighted by atomic mass is 9.82. The second-order valence-corrected chi connectivity index (χ2v) is 6.11. The molecule has 1 N–H and O–H groups in total. The first-order valence-electron chi connectivity index (χ1n) is 6.55. The number of benzene rings is 1. The maximum atomic E-state index is 6.29. The average molecular weight is 302 g/mol. The van der Waals surface area contributed by atoms with Crippen molar-refractivity contribution in [2.75, 3.05) is 20.2 Å². The molecule has 1 aromatic carbocycles. The zero-order chi connectivity index (χ0) is 13.5. The second kappa shape index (κ2) is 5.13. The van der Waals surface area contributed by atoms with Crippen LogP contribution in [0.15, 0.2) is 12.1 Å². The highest BCUT2D eigenvalue weighted by Gasteiger charge is 2.42. The maximum absolute atomic E-state index is 6.29. The first-order chi connectivity index (χ1) is 9.13. The molecule has 1 spiro atoms. The number of fused-ring (bicyclic) bond motifs is 1. The van der Waals surface area contributed by atoms with Crippen molar-refractivity contribution in [2.24, 2.45) is 0 Å². The number of hydrogen-bond donors (Lipinski definition) is 1. The number of piperidine rings is 1. The molecule has 5 heteroatoms. The van der Waals surface area contributed by atoms with E-state index >= 15 is 0 Å². The Hall–Kier alpha value is -0.480. The molecule has 1 atom stereocenters. The highest BCUT2D eigenvalue weighted by molar-refractivity contribution is 6.35. The molecule has 0 radical (unpaired) electrons. The highest BCUT2D eigenvalue weighted by Crippen LogP contribution is 2.48. The van der Waals surface area contributed by atoms with Crippen LogP contribution in [0.5, 0.6) is 5.75 Å². The molecule has 3 nitrogen and oxygen atoms in total. The Morgan fingerprint density at radius 1 is 1.32 bits per heavy atom. The molecule has 0 bridgehead atoms. The van der Waals surface area contributed by atoms with Gasteiger partial charge >= 0.3 is 0 Å². The lowest BCUT2D eigenvalue weighted by Gasteiger charge is -2.44. The van der Waals surface area contributed by atoms with E-state index in [1.165, 1.54) is 0 Å². The smallest absolute Gasteiger partial charge is 0.144 e. The fourth-order valence-electron chi connectivity index (χ4n) is 3.03. The maximum Gasteiger partial charge on any atom is 0.144 e. The SMILES string of the molecule is COC1CC2(CCNCC2)Oc2c(Cl)cc(Cl)cc21. The van der Waals surface area contributed by atoms with Gasteiger partial charge in [0.25, 0.3) is 0 Å². The van der Waals surface area contributed by atoms with Crippen molar-refractivity contribution in [1.29, 1.82) is 0 Å². The van der Waals surface area contributed by atoms with Crippen molar-refractivity contribution in [3.05, 3.63) is 27.7 Å². The molecule has 1 aromatic rings. The normalized spacial score (nSPS) is 24.9. The Kier molecular flexibility index (Phi) is 3.65. The summed E-state index contributed by atoms with van der Waals surface area (Å²) in [5.74, 6) is 0.742. The number of rotatable bonds is 1. The van der Waals surface area contributed by atoms with Crippen LogP contribution in [0.4, 0.5) is 0 Å². The minimum absolute atomic E-state index is 0.00181. The van der Waals surface area contributed by atoms with Gasteiger partial charge in [-0.3, -0.25) is 0 Å². The Bertz CT molecular complexity index is 487. The molecule has 0 amide bonds. The van der Waals surface area contributed by atoms with Crippen molar-refractivity contribution in [2.45, 2.75) is 31.0 Å². The Morgan fingerprint density at radius 2 is 2.05 bits per heavy atom. The molecule has 3 rings (SSSR count). The van der Waals surface area contributed by atoms with Gasteiger partial charge in [-0.1, -0.05) is 23.2 Å². The summed E-state index contributed by atoms with van der Waals surface area (Å²) in [4.78, 5) is 0. The molecular weight excluding hydrogens is 285 g/mol. The van der Waals surface area contributed by atoms with Gasteiger partial charge in [-0.2, -0.15) is 0 Å². The van der Waals surface area contributed by atoms with E-state index in [0.717, 1.165) is 43.7 Å². The third kappa shape index (κ3) is 2.45. The van der Waals surface area contributed by atoms with Gasteiger partial charge in [0.1, 0.15) is 11.4 Å². The van der Waals surface area contributed by atoms with Crippen molar-refractivity contribution >= 4 is 23.2 Å². The topological polar surface area (TPSA) is 30.5 Å². The summed E-state index contributed by atoms with van der Waals surface area (Å²) in [6.07, 6.45) is 2.81. The molecule has 2 aliphatic rings. The van der Waals surface area contributed by atoms with Crippen LogP contribution in [-0.2, 0) is 4.74 Å². The van der Waals surface area contributed by atoms with Gasteiger partial charge in [-0.05, 0) is 38.1 Å². The summed E-state index contributed by atoms with van der Waals surface area (Å²) in [6, 6.07) is 3.62. The average Bonchev–Trinajstić information content (AvgIpc) is 2.40. The Labute approximate surface area is 123 Å². The summed E-state index contributed by atoms with van der Waals surface area (Å²) in [5.41, 5.74) is 0.806. The van der Waals surface area contributed by atoms with Gasteiger partial charge in [0.15, 0.2) is 0 Å². The molecule has 1 saturated heterocycles. The van der Waals surface area contributed by atoms with Gasteiger partial charge in [-0.15, -0.1) is 0 Å². The lowest BCUT2D eigenvalue weighted by Crippen LogP contribution is -2.49. The van der Waals surface area contributed by atoms with Crippen LogP contribution in [0.1, 0.15) is 30.9 Å². The van der Waals surface area contributed by atoms with Crippen molar-refractivity contribution in [1.82, 2.24) is 5.32 Å². The summed E-state index contributed by atoms with van der Waals surface area (Å²) < 4.78 is 11.9. The molecule has 2 heterocycles. The van der Waals surface area contributed by atoms with E-state index in [1.54, 1.807) is 13.2 Å². The van der Waals surface area contributed by atoms with Gasteiger partial charge in [0.05, 0.1) is 11.1 Å². The van der Waals surface area contributed by atoms with E-state index in [0.29, 0.717) is 10.0 Å². The van der Waals surface area contributed by atoms with Crippen LogP contribution in [0, 0.1) is 0 Å². The standard InChI is InChI=1S/C14H17Cl2NO2/c1-18-12-8-14(2-4-17-5-3-14)19-13-10(12)6-9(15)7-11(13)16/h6-7,12,17H,2-5,8H2,1H3. The van der Waals surface area contributed by atoms with E-state index in [2.05, 4.69) is 5.32 Å². The molecule has 1 unspecified atom stereocenters. The van der Waals surface area contributed by atoms with Gasteiger partial charge in [0, 0.05) is 24.1 Å². The lowest BCUT2D eigenvalue weighted by molar-refractivity contribution is -0.0478. The van der Waals surface area contributed by atoms with E-state index in [9.17, 15) is 0 Å². The number of methoxy groups -OCH3 is 1. The van der Waals surface area contributed by atoms with Gasteiger partial charge < -0.3 is 14.8 Å². The van der Waals surface area contributed by atoms with Crippen LogP contribution >= 0.6 is 23.2 Å². The third-order valence-corrected chi connectivity index (χ3v) is 4.56. The molecule has 104 valence electrons. The number of nitrogens with one attached hydrogen (secondary N) is 1. The molecule has 0 aromatic heterocycles. The van der Waals surface area contributed by atoms with Crippen molar-refractivity contribution in [3.8, 4) is 5.75 Å². The number of ether oxygens (including phenoxy) is 2. The molecule has 2 aliphatic heterocycles. The summed E-state index contributed by atoms with van der Waals surface area (Å²) in [6.45, 7) is 1.94. The van der Waals surface area contributed by atoms with E-state index in [4.69, 9.17) is 32.7 Å². The minimum Gasteiger partial charge on any atom is -0.485 e. The van der Waals surface area contributed by atoms with Crippen LogP contribution in [-0.4, -0.2) is 25.8 Å². The number of halogens is 2. The van der Waals surface area contributed by atoms with Crippen LogP contribution in [0.3, 0.4) is 0 Å². The van der Waals surface area contributed by atoms with Crippen LogP contribution in [0.2, 0.25) is 10.0 Å². The first kappa shape index (κ1) is 13.5. The predicted octanol–water partition coefficient (Wildman–Crippen LogP) is 3.59. The monoisotopic (exact) mass is 301 g/mol. The highest BCUT2D eigenvalue weighted by atomic mass is 35.5. The van der Waals surface area contributed by atoms with E-state index in [-0.39, 0.29) is 11.7 Å². The van der Waals surface area contributed by atoms with Crippen molar-refractivity contribution < 1.29 is 9.47 Å². The zero-order valence-corrected chi connectivity index (χ0v) is 12.4. The Balaban J connectivity index is 2.02. The quantitative estimate of drug-likeness (QED) is 0.860. The minimum atomic E-state index is -0.156. The van der Waals surface area contributed by atoms with Gasteiger partial charge in [0.2, 0.25) is 0 Å². The van der Waals surface area contributed by atoms with Gasteiger partial charge in [-0.25, -0.2) is 0 Å². The second-order valence-electron chi connectivity index (χ2n) is 5.27.